The van der Waals surface area contributed by atoms with Crippen LogP contribution >= 0.6 is 0 Å². The molecular weight excluding hydrogens is 468 g/mol. The summed E-state index contributed by atoms with van der Waals surface area (Å²) in [5.74, 6) is 0.730. The van der Waals surface area contributed by atoms with E-state index in [-0.39, 0.29) is 29.5 Å². The van der Waals surface area contributed by atoms with Gasteiger partial charge in [0.05, 0.1) is 25.2 Å². The van der Waals surface area contributed by atoms with E-state index in [1.165, 1.54) is 4.31 Å². The largest absolute Gasteiger partial charge is 0.497 e. The van der Waals surface area contributed by atoms with E-state index in [9.17, 15) is 13.2 Å². The van der Waals surface area contributed by atoms with Crippen molar-refractivity contribution in [3.63, 3.8) is 0 Å². The van der Waals surface area contributed by atoms with Gasteiger partial charge in [-0.1, -0.05) is 44.2 Å². The topological polar surface area (TPSA) is 94.2 Å². The third kappa shape index (κ3) is 8.23. The Kier molecular flexibility index (Phi) is 9.94. The number of amides is 1. The van der Waals surface area contributed by atoms with Crippen LogP contribution in [0.5, 0.6) is 5.75 Å². The molecule has 3 rings (SSSR count). The van der Waals surface area contributed by atoms with Crippen molar-refractivity contribution in [2.24, 2.45) is 5.92 Å². The predicted molar refractivity (Wildman–Crippen MR) is 134 cm³/mol. The van der Waals surface area contributed by atoms with Crippen molar-refractivity contribution < 1.29 is 27.4 Å². The average Bonchev–Trinajstić information content (AvgIpc) is 3.34. The number of alkyl carbamates (subject to hydrolysis) is 1. The van der Waals surface area contributed by atoms with Crippen molar-refractivity contribution in [1.29, 1.82) is 0 Å². The lowest BCUT2D eigenvalue weighted by molar-refractivity contribution is 0.0803. The maximum Gasteiger partial charge on any atom is 0.407 e. The lowest BCUT2D eigenvalue weighted by atomic mass is 10.0. The first kappa shape index (κ1) is 27.0. The van der Waals surface area contributed by atoms with Gasteiger partial charge >= 0.3 is 6.09 Å². The normalized spacial score (nSPS) is 16.9. The van der Waals surface area contributed by atoms with Gasteiger partial charge in [0.2, 0.25) is 10.0 Å². The highest BCUT2D eigenvalue weighted by Gasteiger charge is 2.27. The van der Waals surface area contributed by atoms with Gasteiger partial charge in [0.1, 0.15) is 11.9 Å². The molecule has 9 heteroatoms. The standard InChI is InChI=1S/C26H36N2O6S/c1-20(2)18-28(35(30,31)25-11-9-23(32-3)10-12-25)15-13-22(17-21-7-5-4-6-8-21)27-26(29)34-24-14-16-33-19-24/h4-12,20,22,24H,13-19H2,1-3H3,(H,27,29)/t22-,24-/m1/s1. The number of ether oxygens (including phenoxy) is 3. The third-order valence-corrected chi connectivity index (χ3v) is 7.68. The van der Waals surface area contributed by atoms with Crippen molar-refractivity contribution in [3.8, 4) is 5.75 Å². The van der Waals surface area contributed by atoms with Crippen LogP contribution in [0.3, 0.4) is 0 Å². The van der Waals surface area contributed by atoms with Crippen molar-refractivity contribution in [3.05, 3.63) is 60.2 Å². The van der Waals surface area contributed by atoms with E-state index in [1.807, 2.05) is 44.2 Å². The Morgan fingerprint density at radius 2 is 1.86 bits per heavy atom. The van der Waals surface area contributed by atoms with Crippen LogP contribution in [-0.2, 0) is 25.9 Å². The van der Waals surface area contributed by atoms with E-state index in [1.54, 1.807) is 31.4 Å². The van der Waals surface area contributed by atoms with Gasteiger partial charge in [-0.25, -0.2) is 13.2 Å². The molecule has 1 heterocycles. The first-order valence-corrected chi connectivity index (χ1v) is 13.4. The Morgan fingerprint density at radius 3 is 2.46 bits per heavy atom. The van der Waals surface area contributed by atoms with E-state index < -0.39 is 16.1 Å². The smallest absolute Gasteiger partial charge is 0.407 e. The molecule has 0 spiro atoms. The van der Waals surface area contributed by atoms with Crippen molar-refractivity contribution in [2.75, 3.05) is 33.4 Å². The van der Waals surface area contributed by atoms with E-state index in [0.717, 1.165) is 5.56 Å². The van der Waals surface area contributed by atoms with Crippen LogP contribution in [0, 0.1) is 5.92 Å². The number of hydrogen-bond acceptors (Lipinski definition) is 6. The van der Waals surface area contributed by atoms with E-state index in [2.05, 4.69) is 5.32 Å². The number of sulfonamides is 1. The van der Waals surface area contributed by atoms with Crippen molar-refractivity contribution >= 4 is 16.1 Å². The summed E-state index contributed by atoms with van der Waals surface area (Å²) in [5, 5.41) is 2.95. The van der Waals surface area contributed by atoms with Crippen LogP contribution in [0.2, 0.25) is 0 Å². The summed E-state index contributed by atoms with van der Waals surface area (Å²) in [6.07, 6.45) is 0.928. The van der Waals surface area contributed by atoms with Gasteiger partial charge < -0.3 is 19.5 Å². The molecule has 0 radical (unpaired) electrons. The summed E-state index contributed by atoms with van der Waals surface area (Å²) in [4.78, 5) is 12.8. The first-order valence-electron chi connectivity index (χ1n) is 12.0. The average molecular weight is 505 g/mol. The second kappa shape index (κ2) is 12.9. The minimum absolute atomic E-state index is 0.135. The lowest BCUT2D eigenvalue weighted by Gasteiger charge is -2.27. The number of rotatable bonds is 12. The second-order valence-corrected chi connectivity index (χ2v) is 11.1. The molecule has 1 amide bonds. The molecule has 1 aliphatic heterocycles. The number of carbonyl (C=O) groups is 1. The maximum absolute atomic E-state index is 13.4. The molecule has 192 valence electrons. The van der Waals surface area contributed by atoms with Crippen LogP contribution in [0.1, 0.15) is 32.3 Å². The Balaban J connectivity index is 1.73. The van der Waals surface area contributed by atoms with Crippen LogP contribution in [0.25, 0.3) is 0 Å². The fourth-order valence-electron chi connectivity index (χ4n) is 4.00. The monoisotopic (exact) mass is 504 g/mol. The molecule has 0 aromatic heterocycles. The Hall–Kier alpha value is -2.62. The van der Waals surface area contributed by atoms with Gasteiger partial charge in [0.25, 0.3) is 0 Å². The Bertz CT molecular complexity index is 1020. The molecule has 1 fully saturated rings. The molecule has 35 heavy (non-hydrogen) atoms. The number of methoxy groups -OCH3 is 1. The molecule has 1 saturated heterocycles. The van der Waals surface area contributed by atoms with Gasteiger partial charge in [-0.15, -0.1) is 0 Å². The lowest BCUT2D eigenvalue weighted by Crippen LogP contribution is -2.42. The van der Waals surface area contributed by atoms with Crippen molar-refractivity contribution in [2.45, 2.75) is 50.2 Å². The fraction of sp³-hybridized carbons (Fsp3) is 0.500. The summed E-state index contributed by atoms with van der Waals surface area (Å²) < 4.78 is 44.3. The van der Waals surface area contributed by atoms with E-state index in [0.29, 0.717) is 44.8 Å². The Labute approximate surface area is 208 Å². The first-order chi connectivity index (χ1) is 16.8. The fourth-order valence-corrected chi connectivity index (χ4v) is 5.61. The Morgan fingerprint density at radius 1 is 1.14 bits per heavy atom. The van der Waals surface area contributed by atoms with Gasteiger partial charge in [-0.2, -0.15) is 4.31 Å². The zero-order valence-corrected chi connectivity index (χ0v) is 21.5. The molecule has 1 aliphatic rings. The highest BCUT2D eigenvalue weighted by atomic mass is 32.2. The number of hydrogen-bond donors (Lipinski definition) is 1. The summed E-state index contributed by atoms with van der Waals surface area (Å²) in [6.45, 7) is 5.58. The SMILES string of the molecule is COc1ccc(S(=O)(=O)N(CC[C@H](Cc2ccccc2)NC(=O)O[C@@H]2CCOC2)CC(C)C)cc1. The van der Waals surface area contributed by atoms with Crippen LogP contribution in [-0.4, -0.2) is 64.4 Å². The summed E-state index contributed by atoms with van der Waals surface area (Å²) in [6, 6.07) is 15.9. The summed E-state index contributed by atoms with van der Waals surface area (Å²) >= 11 is 0. The molecule has 1 N–H and O–H groups in total. The minimum atomic E-state index is -3.72. The second-order valence-electron chi connectivity index (χ2n) is 9.14. The van der Waals surface area contributed by atoms with E-state index in [4.69, 9.17) is 14.2 Å². The number of nitrogens with zero attached hydrogens (tertiary/aromatic N) is 1. The maximum atomic E-state index is 13.4. The zero-order chi connectivity index (χ0) is 25.3. The molecule has 0 unspecified atom stereocenters. The predicted octanol–water partition coefficient (Wildman–Crippen LogP) is 3.86. The molecule has 8 nitrogen and oxygen atoms in total. The van der Waals surface area contributed by atoms with Gasteiger partial charge in [0.15, 0.2) is 0 Å². The van der Waals surface area contributed by atoms with E-state index >= 15 is 0 Å². The quantitative estimate of drug-likeness (QED) is 0.472. The molecule has 0 bridgehead atoms. The number of benzene rings is 2. The number of nitrogens with one attached hydrogen (secondary N) is 1. The van der Waals surface area contributed by atoms with Crippen LogP contribution in [0.4, 0.5) is 4.79 Å². The molecule has 2 aromatic carbocycles. The van der Waals surface area contributed by atoms with Crippen LogP contribution in [0.15, 0.2) is 59.5 Å². The zero-order valence-electron chi connectivity index (χ0n) is 20.7. The molecule has 0 aliphatic carbocycles. The summed E-state index contributed by atoms with van der Waals surface area (Å²) in [5.41, 5.74) is 1.05. The number of carbonyl (C=O) groups excluding carboxylic acids is 1. The van der Waals surface area contributed by atoms with Gasteiger partial charge in [-0.3, -0.25) is 0 Å². The van der Waals surface area contributed by atoms with Gasteiger partial charge in [-0.05, 0) is 48.6 Å². The highest BCUT2D eigenvalue weighted by Crippen LogP contribution is 2.21. The minimum Gasteiger partial charge on any atom is -0.497 e. The molecular formula is C26H36N2O6S. The van der Waals surface area contributed by atoms with Crippen molar-refractivity contribution in [1.82, 2.24) is 9.62 Å². The molecule has 2 atom stereocenters. The third-order valence-electron chi connectivity index (χ3n) is 5.80. The van der Waals surface area contributed by atoms with Gasteiger partial charge in [0, 0.05) is 25.6 Å². The van der Waals surface area contributed by atoms with Crippen LogP contribution < -0.4 is 10.1 Å². The summed E-state index contributed by atoms with van der Waals surface area (Å²) in [7, 11) is -2.18. The molecule has 0 saturated carbocycles. The highest BCUT2D eigenvalue weighted by molar-refractivity contribution is 7.89. The molecule has 2 aromatic rings.